The van der Waals surface area contributed by atoms with Crippen molar-refractivity contribution in [3.63, 3.8) is 0 Å². The third kappa shape index (κ3) is 5.47. The SMILES string of the molecule is C=C(/C=C/c1ccc(N)nc1)NCc1cc2cc(-c3ccc(C(=O)O)cc3)cc(-c3ccc(F)cc3)c2o1. The summed E-state index contributed by atoms with van der Waals surface area (Å²) >= 11 is 0. The molecule has 7 heteroatoms. The molecule has 0 atom stereocenters. The molecule has 0 saturated carbocycles. The van der Waals surface area contributed by atoms with E-state index in [0.717, 1.165) is 33.2 Å². The number of carboxylic acid groups (broad SMARTS) is 1. The third-order valence-electron chi connectivity index (χ3n) is 6.06. The summed E-state index contributed by atoms with van der Waals surface area (Å²) in [5.41, 5.74) is 11.5. The Morgan fingerprint density at radius 2 is 1.74 bits per heavy atom. The summed E-state index contributed by atoms with van der Waals surface area (Å²) in [7, 11) is 0. The average molecular weight is 506 g/mol. The lowest BCUT2D eigenvalue weighted by Gasteiger charge is -2.08. The van der Waals surface area contributed by atoms with E-state index in [-0.39, 0.29) is 11.4 Å². The Balaban J connectivity index is 1.44. The number of carbonyl (C=O) groups is 1. The zero-order chi connectivity index (χ0) is 26.6. The number of aromatic nitrogens is 1. The largest absolute Gasteiger partial charge is 0.478 e. The fourth-order valence-corrected chi connectivity index (χ4v) is 4.08. The lowest BCUT2D eigenvalue weighted by molar-refractivity contribution is 0.0697. The Kier molecular flexibility index (Phi) is 6.74. The predicted molar refractivity (Wildman–Crippen MR) is 148 cm³/mol. The molecule has 0 radical (unpaired) electrons. The average Bonchev–Trinajstić information content (AvgIpc) is 3.35. The van der Waals surface area contributed by atoms with Crippen molar-refractivity contribution >= 4 is 28.8 Å². The van der Waals surface area contributed by atoms with Crippen molar-refractivity contribution in [1.29, 1.82) is 0 Å². The number of carboxylic acids is 1. The molecule has 0 unspecified atom stereocenters. The van der Waals surface area contributed by atoms with E-state index < -0.39 is 5.97 Å². The molecular formula is C31H24FN3O3. The first-order valence-corrected chi connectivity index (χ1v) is 11.8. The van der Waals surface area contributed by atoms with Gasteiger partial charge in [0.2, 0.25) is 0 Å². The standard InChI is InChI=1S/C31H24FN3O3/c1-19(2-3-20-4-13-29(33)35-17-20)34-18-27-15-25-14-24(21-5-7-23(8-6-21)31(36)37)16-28(30(25)38-27)22-9-11-26(32)12-10-22/h2-17,34H,1,18H2,(H2,33,35)(H,36,37)/b3-2+. The molecule has 0 aliphatic rings. The van der Waals surface area contributed by atoms with Crippen LogP contribution in [0.2, 0.25) is 0 Å². The molecule has 0 aliphatic carbocycles. The number of hydrogen-bond acceptors (Lipinski definition) is 5. The van der Waals surface area contributed by atoms with E-state index >= 15 is 0 Å². The molecule has 0 spiro atoms. The molecule has 2 heterocycles. The van der Waals surface area contributed by atoms with Crippen molar-refractivity contribution in [3.8, 4) is 22.3 Å². The topological polar surface area (TPSA) is 101 Å². The minimum absolute atomic E-state index is 0.215. The minimum atomic E-state index is -0.979. The van der Waals surface area contributed by atoms with Gasteiger partial charge in [-0.05, 0) is 82.9 Å². The van der Waals surface area contributed by atoms with Crippen LogP contribution in [0.3, 0.4) is 0 Å². The monoisotopic (exact) mass is 505 g/mol. The summed E-state index contributed by atoms with van der Waals surface area (Å²) in [6.45, 7) is 4.45. The van der Waals surface area contributed by atoms with Crippen LogP contribution in [-0.2, 0) is 6.54 Å². The highest BCUT2D eigenvalue weighted by molar-refractivity contribution is 5.97. The second-order valence-corrected chi connectivity index (χ2v) is 8.77. The number of aromatic carboxylic acids is 1. The lowest BCUT2D eigenvalue weighted by Crippen LogP contribution is -2.09. The molecular weight excluding hydrogens is 481 g/mol. The third-order valence-corrected chi connectivity index (χ3v) is 6.06. The second kappa shape index (κ2) is 10.4. The number of nitrogens with zero attached hydrogens (tertiary/aromatic N) is 1. The minimum Gasteiger partial charge on any atom is -0.478 e. The van der Waals surface area contributed by atoms with Crippen LogP contribution < -0.4 is 11.1 Å². The Hall–Kier alpha value is -5.17. The van der Waals surface area contributed by atoms with Crippen molar-refractivity contribution in [2.75, 3.05) is 5.73 Å². The molecule has 0 bridgehead atoms. The van der Waals surface area contributed by atoms with Crippen molar-refractivity contribution in [1.82, 2.24) is 10.3 Å². The molecule has 38 heavy (non-hydrogen) atoms. The summed E-state index contributed by atoms with van der Waals surface area (Å²) in [4.78, 5) is 15.3. The fourth-order valence-electron chi connectivity index (χ4n) is 4.08. The van der Waals surface area contributed by atoms with Gasteiger partial charge < -0.3 is 20.6 Å². The molecule has 5 rings (SSSR count). The van der Waals surface area contributed by atoms with E-state index in [1.165, 1.54) is 12.1 Å². The van der Waals surface area contributed by atoms with Gasteiger partial charge in [-0.1, -0.05) is 36.9 Å². The normalized spacial score (nSPS) is 11.2. The maximum Gasteiger partial charge on any atom is 0.335 e. The zero-order valence-electron chi connectivity index (χ0n) is 20.3. The van der Waals surface area contributed by atoms with Gasteiger partial charge in [0, 0.05) is 22.8 Å². The van der Waals surface area contributed by atoms with Crippen molar-refractivity contribution in [3.05, 3.63) is 126 Å². The summed E-state index contributed by atoms with van der Waals surface area (Å²) in [6, 6.07) is 22.4. The van der Waals surface area contributed by atoms with Crippen LogP contribution in [0.15, 0.2) is 108 Å². The van der Waals surface area contributed by atoms with E-state index in [2.05, 4.69) is 16.9 Å². The number of nitrogen functional groups attached to an aromatic ring is 1. The van der Waals surface area contributed by atoms with Gasteiger partial charge >= 0.3 is 5.97 Å². The number of rotatable bonds is 8. The zero-order valence-corrected chi connectivity index (χ0v) is 20.3. The van der Waals surface area contributed by atoms with Crippen molar-refractivity contribution < 1.29 is 18.7 Å². The molecule has 2 aromatic heterocycles. The highest BCUT2D eigenvalue weighted by atomic mass is 19.1. The maximum absolute atomic E-state index is 13.6. The van der Waals surface area contributed by atoms with Crippen LogP contribution in [0.1, 0.15) is 21.7 Å². The first-order chi connectivity index (χ1) is 18.4. The fraction of sp³-hybridized carbons (Fsp3) is 0.0323. The van der Waals surface area contributed by atoms with E-state index in [9.17, 15) is 14.3 Å². The van der Waals surface area contributed by atoms with Crippen molar-refractivity contribution in [2.24, 2.45) is 0 Å². The first-order valence-electron chi connectivity index (χ1n) is 11.8. The number of pyridine rings is 1. The van der Waals surface area contributed by atoms with E-state index in [0.29, 0.717) is 29.4 Å². The molecule has 3 aromatic carbocycles. The molecule has 0 saturated heterocycles. The van der Waals surface area contributed by atoms with Gasteiger partial charge in [0.05, 0.1) is 12.1 Å². The van der Waals surface area contributed by atoms with Gasteiger partial charge in [0.15, 0.2) is 0 Å². The van der Waals surface area contributed by atoms with Crippen LogP contribution in [-0.4, -0.2) is 16.1 Å². The van der Waals surface area contributed by atoms with Gasteiger partial charge in [0.1, 0.15) is 23.0 Å². The molecule has 0 amide bonds. The van der Waals surface area contributed by atoms with Crippen LogP contribution in [0.4, 0.5) is 10.2 Å². The highest BCUT2D eigenvalue weighted by Crippen LogP contribution is 2.36. The Bertz CT molecular complexity index is 1650. The lowest BCUT2D eigenvalue weighted by atomic mass is 9.96. The molecule has 188 valence electrons. The van der Waals surface area contributed by atoms with Crippen LogP contribution in [0.5, 0.6) is 0 Å². The molecule has 4 N–H and O–H groups in total. The summed E-state index contributed by atoms with van der Waals surface area (Å²) in [5.74, 6) is -0.140. The number of nitrogens with two attached hydrogens (primary N) is 1. The number of anilines is 1. The van der Waals surface area contributed by atoms with E-state index in [1.807, 2.05) is 36.4 Å². The quantitative estimate of drug-likeness (QED) is 0.198. The molecule has 5 aromatic rings. The van der Waals surface area contributed by atoms with E-state index in [1.54, 1.807) is 48.7 Å². The number of furan rings is 1. The van der Waals surface area contributed by atoms with Gasteiger partial charge in [-0.2, -0.15) is 0 Å². The first kappa shape index (κ1) is 24.5. The number of fused-ring (bicyclic) bond motifs is 1. The number of halogens is 1. The number of allylic oxidation sites excluding steroid dienone is 1. The summed E-state index contributed by atoms with van der Waals surface area (Å²) in [6.07, 6.45) is 5.41. The summed E-state index contributed by atoms with van der Waals surface area (Å²) in [5, 5.41) is 13.3. The molecule has 6 nitrogen and oxygen atoms in total. The van der Waals surface area contributed by atoms with Gasteiger partial charge in [0.25, 0.3) is 0 Å². The molecule has 0 aliphatic heterocycles. The van der Waals surface area contributed by atoms with Gasteiger partial charge in [-0.3, -0.25) is 0 Å². The van der Waals surface area contributed by atoms with Gasteiger partial charge in [-0.15, -0.1) is 0 Å². The maximum atomic E-state index is 13.6. The Morgan fingerprint density at radius 1 is 1.00 bits per heavy atom. The molecule has 0 fully saturated rings. The Labute approximate surface area is 218 Å². The van der Waals surface area contributed by atoms with Crippen LogP contribution in [0, 0.1) is 5.82 Å². The highest BCUT2D eigenvalue weighted by Gasteiger charge is 2.14. The van der Waals surface area contributed by atoms with E-state index in [4.69, 9.17) is 10.2 Å². The number of nitrogens with one attached hydrogen (secondary N) is 1. The van der Waals surface area contributed by atoms with Crippen LogP contribution >= 0.6 is 0 Å². The smallest absolute Gasteiger partial charge is 0.335 e. The Morgan fingerprint density at radius 3 is 2.42 bits per heavy atom. The number of hydrogen-bond donors (Lipinski definition) is 3. The summed E-state index contributed by atoms with van der Waals surface area (Å²) < 4.78 is 19.9. The second-order valence-electron chi connectivity index (χ2n) is 8.77. The van der Waals surface area contributed by atoms with Crippen LogP contribution in [0.25, 0.3) is 39.3 Å². The van der Waals surface area contributed by atoms with Crippen molar-refractivity contribution in [2.45, 2.75) is 6.54 Å². The number of benzene rings is 3. The predicted octanol–water partition coefficient (Wildman–Crippen LogP) is 6.90. The van der Waals surface area contributed by atoms with Gasteiger partial charge in [-0.25, -0.2) is 14.2 Å².